The maximum absolute atomic E-state index is 14.5. The van der Waals surface area contributed by atoms with E-state index >= 15 is 0 Å². The standard InChI is InChI=1S/C28H44N2O5S/c1-9-14-30(26(6,7)18-25(3,4)5)23(33)21-28-13-12-27(8,36-28)20(24(34)35-17-10-2)19(28)22(32)29(21)15-11-16-31/h9-10,19-21,31H,1-2,11-18H2,3-8H3/t19-,20+,21?,27-,28?/m0/s1. The van der Waals surface area contributed by atoms with Crippen molar-refractivity contribution < 1.29 is 24.2 Å². The third-order valence-electron chi connectivity index (χ3n) is 7.94. The second-order valence-electron chi connectivity index (χ2n) is 12.5. The lowest BCUT2D eigenvalue weighted by molar-refractivity contribution is -0.154. The largest absolute Gasteiger partial charge is 0.461 e. The SMILES string of the molecule is C=CCOC(=O)[C@H]1[C@H]2C(=O)N(CCCO)C(C(=O)N(CC=C)C(C)(C)CC(C)(C)C)C23CC[C@]1(C)S3. The number of amides is 2. The van der Waals surface area contributed by atoms with E-state index in [1.54, 1.807) is 22.7 Å². The normalized spacial score (nSPS) is 31.4. The van der Waals surface area contributed by atoms with Crippen LogP contribution in [0.2, 0.25) is 0 Å². The molecule has 3 rings (SSSR count). The minimum Gasteiger partial charge on any atom is -0.461 e. The van der Waals surface area contributed by atoms with Crippen LogP contribution in [0.5, 0.6) is 0 Å². The van der Waals surface area contributed by atoms with E-state index in [0.29, 0.717) is 19.4 Å². The predicted molar refractivity (Wildman–Crippen MR) is 143 cm³/mol. The molecule has 3 saturated heterocycles. The van der Waals surface area contributed by atoms with Crippen LogP contribution >= 0.6 is 11.8 Å². The van der Waals surface area contributed by atoms with Crippen molar-refractivity contribution in [1.29, 1.82) is 0 Å². The number of aliphatic hydroxyl groups excluding tert-OH is 1. The molecule has 8 heteroatoms. The Morgan fingerprint density at radius 1 is 1.22 bits per heavy atom. The number of carbonyl (C=O) groups is 3. The van der Waals surface area contributed by atoms with Crippen LogP contribution < -0.4 is 0 Å². The molecule has 1 spiro atoms. The number of thioether (sulfide) groups is 1. The number of carbonyl (C=O) groups excluding carboxylic acids is 3. The van der Waals surface area contributed by atoms with Crippen molar-refractivity contribution in [3.05, 3.63) is 25.3 Å². The Labute approximate surface area is 220 Å². The molecule has 36 heavy (non-hydrogen) atoms. The van der Waals surface area contributed by atoms with E-state index in [-0.39, 0.29) is 37.0 Å². The highest BCUT2D eigenvalue weighted by molar-refractivity contribution is 8.02. The van der Waals surface area contributed by atoms with Crippen LogP contribution in [0, 0.1) is 17.3 Å². The summed E-state index contributed by atoms with van der Waals surface area (Å²) in [6, 6.07) is -0.704. The Morgan fingerprint density at radius 3 is 2.44 bits per heavy atom. The van der Waals surface area contributed by atoms with Crippen molar-refractivity contribution in [3.8, 4) is 0 Å². The number of hydrogen-bond acceptors (Lipinski definition) is 6. The van der Waals surface area contributed by atoms with Gasteiger partial charge in [-0.2, -0.15) is 0 Å². The second kappa shape index (κ2) is 10.2. The topological polar surface area (TPSA) is 87.1 Å². The number of aliphatic hydroxyl groups is 1. The highest BCUT2D eigenvalue weighted by Crippen LogP contribution is 2.71. The zero-order chi connectivity index (χ0) is 27.1. The summed E-state index contributed by atoms with van der Waals surface area (Å²) in [6.45, 7) is 20.8. The number of esters is 1. The average Bonchev–Trinajstić information content (AvgIpc) is 3.33. The summed E-state index contributed by atoms with van der Waals surface area (Å²) in [7, 11) is 0. The number of fused-ring (bicyclic) bond motifs is 1. The highest BCUT2D eigenvalue weighted by atomic mass is 32.2. The van der Waals surface area contributed by atoms with Gasteiger partial charge in [0.05, 0.1) is 16.6 Å². The first kappa shape index (κ1) is 28.8. The van der Waals surface area contributed by atoms with Crippen LogP contribution in [0.4, 0.5) is 0 Å². The summed E-state index contributed by atoms with van der Waals surface area (Å²) in [6.07, 6.45) is 5.83. The van der Waals surface area contributed by atoms with E-state index in [1.807, 2.05) is 11.8 Å². The average molecular weight is 521 g/mol. The first-order valence-electron chi connectivity index (χ1n) is 13.0. The molecule has 0 radical (unpaired) electrons. The van der Waals surface area contributed by atoms with Gasteiger partial charge in [-0.3, -0.25) is 14.4 Å². The van der Waals surface area contributed by atoms with E-state index in [1.165, 1.54) is 6.08 Å². The van der Waals surface area contributed by atoms with Gasteiger partial charge in [0.1, 0.15) is 12.6 Å². The van der Waals surface area contributed by atoms with Gasteiger partial charge in [0.2, 0.25) is 11.8 Å². The molecular weight excluding hydrogens is 476 g/mol. The molecule has 0 saturated carbocycles. The summed E-state index contributed by atoms with van der Waals surface area (Å²) in [5, 5.41) is 9.56. The molecule has 1 N–H and O–H groups in total. The van der Waals surface area contributed by atoms with Crippen molar-refractivity contribution in [2.75, 3.05) is 26.3 Å². The number of ether oxygens (including phenoxy) is 1. The molecule has 0 aromatic rings. The molecule has 2 bridgehead atoms. The smallest absolute Gasteiger partial charge is 0.311 e. The first-order valence-corrected chi connectivity index (χ1v) is 13.8. The molecule has 3 aliphatic rings. The van der Waals surface area contributed by atoms with Crippen LogP contribution in [0.3, 0.4) is 0 Å². The van der Waals surface area contributed by atoms with Crippen molar-refractivity contribution >= 4 is 29.5 Å². The van der Waals surface area contributed by atoms with Gasteiger partial charge in [-0.25, -0.2) is 0 Å². The molecule has 2 unspecified atom stereocenters. The molecule has 3 heterocycles. The first-order chi connectivity index (χ1) is 16.7. The van der Waals surface area contributed by atoms with Crippen molar-refractivity contribution in [3.63, 3.8) is 0 Å². The van der Waals surface area contributed by atoms with Gasteiger partial charge < -0.3 is 19.6 Å². The van der Waals surface area contributed by atoms with Crippen molar-refractivity contribution in [1.82, 2.24) is 9.80 Å². The molecule has 0 aromatic heterocycles. The van der Waals surface area contributed by atoms with Crippen LogP contribution in [0.15, 0.2) is 25.3 Å². The zero-order valence-electron chi connectivity index (χ0n) is 22.8. The maximum Gasteiger partial charge on any atom is 0.311 e. The van der Waals surface area contributed by atoms with Crippen LogP contribution in [0.25, 0.3) is 0 Å². The molecule has 5 atom stereocenters. The van der Waals surface area contributed by atoms with E-state index in [2.05, 4.69) is 47.8 Å². The Morgan fingerprint density at radius 2 is 1.89 bits per heavy atom. The summed E-state index contributed by atoms with van der Waals surface area (Å²) >= 11 is 1.63. The van der Waals surface area contributed by atoms with Crippen molar-refractivity contribution in [2.24, 2.45) is 17.3 Å². The summed E-state index contributed by atoms with van der Waals surface area (Å²) in [4.78, 5) is 45.3. The number of likely N-dealkylation sites (tertiary alicyclic amines) is 1. The third-order valence-corrected chi connectivity index (χ3v) is 9.92. The van der Waals surface area contributed by atoms with Gasteiger partial charge in [-0.1, -0.05) is 39.5 Å². The minimum absolute atomic E-state index is 0.0138. The molecular formula is C28H44N2O5S. The Bertz CT molecular complexity index is 912. The van der Waals surface area contributed by atoms with E-state index in [9.17, 15) is 19.5 Å². The minimum atomic E-state index is -0.704. The fourth-order valence-electron chi connectivity index (χ4n) is 7.08. The summed E-state index contributed by atoms with van der Waals surface area (Å²) < 4.78 is 4.29. The second-order valence-corrected chi connectivity index (χ2v) is 14.4. The van der Waals surface area contributed by atoms with Crippen LogP contribution in [-0.4, -0.2) is 80.1 Å². The fourth-order valence-corrected chi connectivity index (χ4v) is 9.42. The Kier molecular flexibility index (Phi) is 8.12. The van der Waals surface area contributed by atoms with Gasteiger partial charge in [-0.15, -0.1) is 18.3 Å². The van der Waals surface area contributed by atoms with Gasteiger partial charge in [0.25, 0.3) is 0 Å². The van der Waals surface area contributed by atoms with Gasteiger partial charge in [-0.05, 0) is 51.9 Å². The lowest BCUT2D eigenvalue weighted by Crippen LogP contribution is -2.60. The van der Waals surface area contributed by atoms with Gasteiger partial charge in [0.15, 0.2) is 0 Å². The van der Waals surface area contributed by atoms with Gasteiger partial charge >= 0.3 is 5.97 Å². The zero-order valence-corrected chi connectivity index (χ0v) is 23.7. The molecule has 0 aromatic carbocycles. The summed E-state index contributed by atoms with van der Waals surface area (Å²) in [5.41, 5.74) is -0.489. The lowest BCUT2D eigenvalue weighted by Gasteiger charge is -2.46. The third kappa shape index (κ3) is 4.87. The number of hydrogen-bond donors (Lipinski definition) is 1. The predicted octanol–water partition coefficient (Wildman–Crippen LogP) is 3.81. The Balaban J connectivity index is 2.08. The lowest BCUT2D eigenvalue weighted by atomic mass is 9.66. The van der Waals surface area contributed by atoms with Crippen molar-refractivity contribution in [2.45, 2.75) is 88.3 Å². The van der Waals surface area contributed by atoms with E-state index < -0.39 is 38.9 Å². The Hall–Kier alpha value is -1.80. The molecule has 7 nitrogen and oxygen atoms in total. The molecule has 0 aliphatic carbocycles. The molecule has 3 aliphatic heterocycles. The van der Waals surface area contributed by atoms with E-state index in [0.717, 1.165) is 12.8 Å². The summed E-state index contributed by atoms with van der Waals surface area (Å²) in [5.74, 6) is -1.91. The molecule has 202 valence electrons. The van der Waals surface area contributed by atoms with E-state index in [4.69, 9.17) is 4.74 Å². The monoisotopic (exact) mass is 520 g/mol. The number of rotatable bonds is 11. The highest BCUT2D eigenvalue weighted by Gasteiger charge is 2.77. The molecule has 2 amide bonds. The number of nitrogens with zero attached hydrogens (tertiary/aromatic N) is 2. The van der Waals surface area contributed by atoms with Crippen LogP contribution in [0.1, 0.15) is 67.2 Å². The quantitative estimate of drug-likeness (QED) is 0.329. The van der Waals surface area contributed by atoms with Crippen LogP contribution in [-0.2, 0) is 19.1 Å². The van der Waals surface area contributed by atoms with Gasteiger partial charge in [0, 0.05) is 30.0 Å². The maximum atomic E-state index is 14.5. The fraction of sp³-hybridized carbons (Fsp3) is 0.750. The molecule has 3 fully saturated rings.